The average molecular weight is 225 g/mol. The first-order valence-corrected chi connectivity index (χ1v) is 6.10. The summed E-state index contributed by atoms with van der Waals surface area (Å²) in [5.41, 5.74) is 0. The predicted molar refractivity (Wildman–Crippen MR) is 61.0 cm³/mol. The Balaban J connectivity index is 1.89. The van der Waals surface area contributed by atoms with Crippen LogP contribution in [0, 0.1) is 0 Å². The summed E-state index contributed by atoms with van der Waals surface area (Å²) in [7, 11) is 0. The predicted octanol–water partition coefficient (Wildman–Crippen LogP) is 1.57. The smallest absolute Gasteiger partial charge is 0.243 e. The molecule has 1 aromatic heterocycles. The molecule has 1 N–H and O–H groups in total. The highest BCUT2D eigenvalue weighted by Gasteiger charge is 2.24. The van der Waals surface area contributed by atoms with E-state index in [0.29, 0.717) is 5.13 Å². The van der Waals surface area contributed by atoms with Crippen molar-refractivity contribution in [3.8, 4) is 0 Å². The molecule has 1 saturated heterocycles. The largest absolute Gasteiger partial charge is 0.301 e. The Morgan fingerprint density at radius 1 is 1.60 bits per heavy atom. The van der Waals surface area contributed by atoms with Crippen LogP contribution in [0.3, 0.4) is 0 Å². The molecule has 1 fully saturated rings. The number of carbonyl (C=O) groups is 1. The lowest BCUT2D eigenvalue weighted by molar-refractivity contribution is -0.120. The number of amides is 1. The van der Waals surface area contributed by atoms with Crippen LogP contribution in [0.25, 0.3) is 0 Å². The molecule has 0 aromatic carbocycles. The van der Waals surface area contributed by atoms with Gasteiger partial charge in [-0.05, 0) is 32.9 Å². The standard InChI is InChI=1S/C10H15N3OS/c1-8(13-5-2-3-6-13)9(14)12-10-11-4-7-15-10/h4,7-8H,2-3,5-6H2,1H3,(H,11,12,14)/t8-/m0/s1. The molecule has 82 valence electrons. The highest BCUT2D eigenvalue weighted by molar-refractivity contribution is 7.13. The SMILES string of the molecule is C[C@@H](C(=O)Nc1nccs1)N1CCCC1. The van der Waals surface area contributed by atoms with Crippen LogP contribution in [-0.2, 0) is 4.79 Å². The first kappa shape index (κ1) is 10.6. The molecule has 15 heavy (non-hydrogen) atoms. The quantitative estimate of drug-likeness (QED) is 0.849. The first-order chi connectivity index (χ1) is 7.27. The van der Waals surface area contributed by atoms with Crippen LogP contribution in [-0.4, -0.2) is 34.9 Å². The molecule has 1 atom stereocenters. The Hall–Kier alpha value is -0.940. The van der Waals surface area contributed by atoms with Crippen LogP contribution < -0.4 is 5.32 Å². The number of carbonyl (C=O) groups excluding carboxylic acids is 1. The van der Waals surface area contributed by atoms with Gasteiger partial charge in [0.25, 0.3) is 0 Å². The van der Waals surface area contributed by atoms with E-state index >= 15 is 0 Å². The molecule has 1 aliphatic heterocycles. The third-order valence-corrected chi connectivity index (χ3v) is 3.42. The summed E-state index contributed by atoms with van der Waals surface area (Å²) < 4.78 is 0. The molecule has 0 aliphatic carbocycles. The second kappa shape index (κ2) is 4.72. The minimum Gasteiger partial charge on any atom is -0.301 e. The summed E-state index contributed by atoms with van der Waals surface area (Å²) in [5, 5.41) is 5.37. The van der Waals surface area contributed by atoms with Crippen LogP contribution in [0.5, 0.6) is 0 Å². The lowest BCUT2D eigenvalue weighted by atomic mass is 10.3. The summed E-state index contributed by atoms with van der Waals surface area (Å²) in [5.74, 6) is 0.0480. The van der Waals surface area contributed by atoms with Crippen molar-refractivity contribution in [2.75, 3.05) is 18.4 Å². The fraction of sp³-hybridized carbons (Fsp3) is 0.600. The Morgan fingerprint density at radius 3 is 2.93 bits per heavy atom. The van der Waals surface area contributed by atoms with Gasteiger partial charge >= 0.3 is 0 Å². The summed E-state index contributed by atoms with van der Waals surface area (Å²) in [6.07, 6.45) is 4.10. The van der Waals surface area contributed by atoms with Gasteiger partial charge in [0.15, 0.2) is 5.13 Å². The van der Waals surface area contributed by atoms with E-state index in [9.17, 15) is 4.79 Å². The molecule has 1 aliphatic rings. The van der Waals surface area contributed by atoms with Crippen LogP contribution >= 0.6 is 11.3 Å². The van der Waals surface area contributed by atoms with Crippen LogP contribution in [0.15, 0.2) is 11.6 Å². The van der Waals surface area contributed by atoms with E-state index in [0.717, 1.165) is 13.1 Å². The second-order valence-electron chi connectivity index (χ2n) is 3.75. The number of anilines is 1. The van der Waals surface area contributed by atoms with Gasteiger partial charge in [0.05, 0.1) is 6.04 Å². The molecule has 2 rings (SSSR count). The zero-order chi connectivity index (χ0) is 10.7. The monoisotopic (exact) mass is 225 g/mol. The minimum absolute atomic E-state index is 0.0450. The molecule has 4 nitrogen and oxygen atoms in total. The van der Waals surface area contributed by atoms with Crippen molar-refractivity contribution >= 4 is 22.4 Å². The maximum atomic E-state index is 11.8. The Morgan fingerprint density at radius 2 is 2.33 bits per heavy atom. The van der Waals surface area contributed by atoms with E-state index in [1.165, 1.54) is 24.2 Å². The molecule has 0 saturated carbocycles. The molecule has 0 radical (unpaired) electrons. The van der Waals surface area contributed by atoms with Gasteiger partial charge in [0, 0.05) is 11.6 Å². The van der Waals surface area contributed by atoms with Crippen molar-refractivity contribution in [1.29, 1.82) is 0 Å². The van der Waals surface area contributed by atoms with Crippen LogP contribution in [0.2, 0.25) is 0 Å². The summed E-state index contributed by atoms with van der Waals surface area (Å²) in [4.78, 5) is 18.1. The molecule has 5 heteroatoms. The number of thiazole rings is 1. The van der Waals surface area contributed by atoms with Gasteiger partial charge in [-0.15, -0.1) is 11.3 Å². The first-order valence-electron chi connectivity index (χ1n) is 5.22. The maximum absolute atomic E-state index is 11.8. The van der Waals surface area contributed by atoms with E-state index < -0.39 is 0 Å². The van der Waals surface area contributed by atoms with Gasteiger partial charge < -0.3 is 5.32 Å². The van der Waals surface area contributed by atoms with Gasteiger partial charge in [-0.3, -0.25) is 9.69 Å². The molecule has 0 spiro atoms. The third kappa shape index (κ3) is 2.54. The fourth-order valence-electron chi connectivity index (χ4n) is 1.79. The van der Waals surface area contributed by atoms with Crippen molar-refractivity contribution < 1.29 is 4.79 Å². The number of nitrogens with one attached hydrogen (secondary N) is 1. The average Bonchev–Trinajstić information content (AvgIpc) is 2.88. The number of likely N-dealkylation sites (tertiary alicyclic amines) is 1. The van der Waals surface area contributed by atoms with Crippen molar-refractivity contribution in [2.24, 2.45) is 0 Å². The van der Waals surface area contributed by atoms with Gasteiger partial charge in [0.2, 0.25) is 5.91 Å². The number of hydrogen-bond acceptors (Lipinski definition) is 4. The molecular weight excluding hydrogens is 210 g/mol. The van der Waals surface area contributed by atoms with Gasteiger partial charge in [-0.2, -0.15) is 0 Å². The summed E-state index contributed by atoms with van der Waals surface area (Å²) >= 11 is 1.45. The molecule has 0 bridgehead atoms. The number of hydrogen-bond donors (Lipinski definition) is 1. The molecule has 1 amide bonds. The minimum atomic E-state index is -0.0450. The van der Waals surface area contributed by atoms with Crippen LogP contribution in [0.4, 0.5) is 5.13 Å². The highest BCUT2D eigenvalue weighted by atomic mass is 32.1. The van der Waals surface area contributed by atoms with Gasteiger partial charge in [0.1, 0.15) is 0 Å². The Labute approximate surface area is 93.3 Å². The maximum Gasteiger partial charge on any atom is 0.243 e. The fourth-order valence-corrected chi connectivity index (χ4v) is 2.32. The lowest BCUT2D eigenvalue weighted by Gasteiger charge is -2.21. The Kier molecular flexibility index (Phi) is 3.33. The van der Waals surface area contributed by atoms with Gasteiger partial charge in [-0.25, -0.2) is 4.98 Å². The van der Waals surface area contributed by atoms with Crippen molar-refractivity contribution in [2.45, 2.75) is 25.8 Å². The van der Waals surface area contributed by atoms with E-state index in [-0.39, 0.29) is 11.9 Å². The number of nitrogens with zero attached hydrogens (tertiary/aromatic N) is 2. The zero-order valence-corrected chi connectivity index (χ0v) is 9.59. The summed E-state index contributed by atoms with van der Waals surface area (Å²) in [6, 6.07) is -0.0450. The van der Waals surface area contributed by atoms with Crippen molar-refractivity contribution in [1.82, 2.24) is 9.88 Å². The molecule has 2 heterocycles. The molecule has 1 aromatic rings. The zero-order valence-electron chi connectivity index (χ0n) is 8.77. The van der Waals surface area contributed by atoms with E-state index in [4.69, 9.17) is 0 Å². The molecule has 0 unspecified atom stereocenters. The third-order valence-electron chi connectivity index (χ3n) is 2.73. The molecular formula is C10H15N3OS. The summed E-state index contributed by atoms with van der Waals surface area (Å²) in [6.45, 7) is 4.02. The number of rotatable bonds is 3. The second-order valence-corrected chi connectivity index (χ2v) is 4.64. The van der Waals surface area contributed by atoms with Crippen molar-refractivity contribution in [3.63, 3.8) is 0 Å². The normalized spacial score (nSPS) is 19.0. The van der Waals surface area contributed by atoms with E-state index in [1.807, 2.05) is 12.3 Å². The highest BCUT2D eigenvalue weighted by Crippen LogP contribution is 2.15. The van der Waals surface area contributed by atoms with Crippen LogP contribution in [0.1, 0.15) is 19.8 Å². The van der Waals surface area contributed by atoms with Crippen molar-refractivity contribution in [3.05, 3.63) is 11.6 Å². The Bertz CT molecular complexity index is 319. The number of aromatic nitrogens is 1. The van der Waals surface area contributed by atoms with Gasteiger partial charge in [-0.1, -0.05) is 0 Å². The lowest BCUT2D eigenvalue weighted by Crippen LogP contribution is -2.40. The topological polar surface area (TPSA) is 45.2 Å². The van der Waals surface area contributed by atoms with E-state index in [1.54, 1.807) is 6.20 Å². The van der Waals surface area contributed by atoms with E-state index in [2.05, 4.69) is 15.2 Å².